The lowest BCUT2D eigenvalue weighted by Gasteiger charge is -2.28. The number of urea groups is 1. The third-order valence-electron chi connectivity index (χ3n) is 3.92. The molecule has 1 aliphatic heterocycles. The Bertz CT molecular complexity index is 812. The fourth-order valence-electron chi connectivity index (χ4n) is 2.81. The number of anilines is 1. The molecule has 24 heavy (non-hydrogen) atoms. The summed E-state index contributed by atoms with van der Waals surface area (Å²) in [6.07, 6.45) is 0. The minimum absolute atomic E-state index is 0.238. The summed E-state index contributed by atoms with van der Waals surface area (Å²) in [5, 5.41) is 8.40. The Kier molecular flexibility index (Phi) is 4.33. The standard InChI is InChI=1S/C19H19N3O2/c1-12-7-6-8-14(11-12)17-16(13(2)20-19(24)22-17)18(23)21-15-9-4-3-5-10-15/h3-11,17H,1-2H3,(H,21,23)(H2,20,22,24). The molecule has 0 bridgehead atoms. The Morgan fingerprint density at radius 2 is 1.79 bits per heavy atom. The average molecular weight is 321 g/mol. The second kappa shape index (κ2) is 6.58. The molecule has 1 atom stereocenters. The van der Waals surface area contributed by atoms with Gasteiger partial charge in [-0.1, -0.05) is 48.0 Å². The molecule has 3 amide bonds. The van der Waals surface area contributed by atoms with Gasteiger partial charge in [0.25, 0.3) is 5.91 Å². The Morgan fingerprint density at radius 1 is 1.04 bits per heavy atom. The van der Waals surface area contributed by atoms with E-state index in [0.717, 1.165) is 11.1 Å². The van der Waals surface area contributed by atoms with Crippen molar-refractivity contribution in [2.45, 2.75) is 19.9 Å². The summed E-state index contributed by atoms with van der Waals surface area (Å²) in [4.78, 5) is 24.7. The van der Waals surface area contributed by atoms with E-state index in [4.69, 9.17) is 0 Å². The third-order valence-corrected chi connectivity index (χ3v) is 3.92. The van der Waals surface area contributed by atoms with Crippen molar-refractivity contribution < 1.29 is 9.59 Å². The molecule has 0 aromatic heterocycles. The molecule has 122 valence electrons. The highest BCUT2D eigenvalue weighted by molar-refractivity contribution is 6.06. The number of hydrogen-bond donors (Lipinski definition) is 3. The number of carbonyl (C=O) groups is 2. The van der Waals surface area contributed by atoms with Crippen LogP contribution < -0.4 is 16.0 Å². The number of rotatable bonds is 3. The lowest BCUT2D eigenvalue weighted by atomic mass is 9.94. The molecule has 2 aromatic carbocycles. The minimum Gasteiger partial charge on any atom is -0.327 e. The molecule has 1 unspecified atom stereocenters. The van der Waals surface area contributed by atoms with Gasteiger partial charge in [0, 0.05) is 11.4 Å². The van der Waals surface area contributed by atoms with Crippen molar-refractivity contribution in [3.8, 4) is 0 Å². The number of carbonyl (C=O) groups excluding carboxylic acids is 2. The molecule has 1 heterocycles. The van der Waals surface area contributed by atoms with Crippen molar-refractivity contribution in [1.29, 1.82) is 0 Å². The van der Waals surface area contributed by atoms with Gasteiger partial charge in [-0.25, -0.2) is 4.79 Å². The zero-order valence-electron chi connectivity index (χ0n) is 13.6. The van der Waals surface area contributed by atoms with E-state index >= 15 is 0 Å². The number of nitrogens with one attached hydrogen (secondary N) is 3. The molecule has 0 fully saturated rings. The number of benzene rings is 2. The number of para-hydroxylation sites is 1. The van der Waals surface area contributed by atoms with Gasteiger partial charge >= 0.3 is 6.03 Å². The van der Waals surface area contributed by atoms with Crippen LogP contribution in [0.4, 0.5) is 10.5 Å². The lowest BCUT2D eigenvalue weighted by molar-refractivity contribution is -0.113. The zero-order chi connectivity index (χ0) is 17.1. The molecule has 5 nitrogen and oxygen atoms in total. The molecule has 0 aliphatic carbocycles. The summed E-state index contributed by atoms with van der Waals surface area (Å²) in [6.45, 7) is 3.72. The van der Waals surface area contributed by atoms with Crippen molar-refractivity contribution in [3.05, 3.63) is 77.0 Å². The Hall–Kier alpha value is -3.08. The van der Waals surface area contributed by atoms with Crippen molar-refractivity contribution in [2.75, 3.05) is 5.32 Å². The van der Waals surface area contributed by atoms with Crippen molar-refractivity contribution in [1.82, 2.24) is 10.6 Å². The van der Waals surface area contributed by atoms with Gasteiger partial charge < -0.3 is 16.0 Å². The van der Waals surface area contributed by atoms with E-state index in [-0.39, 0.29) is 11.9 Å². The van der Waals surface area contributed by atoms with Crippen LogP contribution in [0.1, 0.15) is 24.1 Å². The van der Waals surface area contributed by atoms with E-state index in [1.165, 1.54) is 0 Å². The van der Waals surface area contributed by atoms with Crippen molar-refractivity contribution in [2.24, 2.45) is 0 Å². The van der Waals surface area contributed by atoms with E-state index < -0.39 is 6.04 Å². The zero-order valence-corrected chi connectivity index (χ0v) is 13.6. The van der Waals surface area contributed by atoms with Crippen LogP contribution in [0.25, 0.3) is 0 Å². The quantitative estimate of drug-likeness (QED) is 0.812. The molecular formula is C19H19N3O2. The Balaban J connectivity index is 1.96. The van der Waals surface area contributed by atoms with Gasteiger partial charge in [0.15, 0.2) is 0 Å². The van der Waals surface area contributed by atoms with Crippen LogP contribution in [0.3, 0.4) is 0 Å². The summed E-state index contributed by atoms with van der Waals surface area (Å²) < 4.78 is 0. The number of allylic oxidation sites excluding steroid dienone is 1. The second-order valence-electron chi connectivity index (χ2n) is 5.80. The lowest BCUT2D eigenvalue weighted by Crippen LogP contribution is -2.46. The number of hydrogen-bond acceptors (Lipinski definition) is 2. The van der Waals surface area contributed by atoms with Crippen molar-refractivity contribution >= 4 is 17.6 Å². The predicted molar refractivity (Wildman–Crippen MR) is 93.4 cm³/mol. The molecule has 0 saturated heterocycles. The van der Waals surface area contributed by atoms with Gasteiger partial charge in [-0.05, 0) is 31.5 Å². The fourth-order valence-corrected chi connectivity index (χ4v) is 2.81. The highest BCUT2D eigenvalue weighted by Gasteiger charge is 2.31. The SMILES string of the molecule is CC1=C(C(=O)Nc2ccccc2)C(c2cccc(C)c2)NC(=O)N1. The smallest absolute Gasteiger partial charge is 0.319 e. The van der Waals surface area contributed by atoms with E-state index in [0.29, 0.717) is 17.0 Å². The van der Waals surface area contributed by atoms with Gasteiger partial charge in [0.2, 0.25) is 0 Å². The first kappa shape index (κ1) is 15.8. The first-order chi connectivity index (χ1) is 11.5. The number of aryl methyl sites for hydroxylation is 1. The van der Waals surface area contributed by atoms with Crippen LogP contribution in [0, 0.1) is 6.92 Å². The van der Waals surface area contributed by atoms with E-state index in [2.05, 4.69) is 16.0 Å². The maximum atomic E-state index is 12.8. The van der Waals surface area contributed by atoms with Crippen LogP contribution in [-0.2, 0) is 4.79 Å². The summed E-state index contributed by atoms with van der Waals surface area (Å²) in [6, 6.07) is 16.2. The highest BCUT2D eigenvalue weighted by atomic mass is 16.2. The highest BCUT2D eigenvalue weighted by Crippen LogP contribution is 2.28. The average Bonchev–Trinajstić information content (AvgIpc) is 2.55. The molecule has 5 heteroatoms. The largest absolute Gasteiger partial charge is 0.327 e. The summed E-state index contributed by atoms with van der Waals surface area (Å²) in [5.74, 6) is -0.238. The molecule has 0 radical (unpaired) electrons. The van der Waals surface area contributed by atoms with Crippen LogP contribution in [-0.4, -0.2) is 11.9 Å². The van der Waals surface area contributed by atoms with Crippen LogP contribution in [0.15, 0.2) is 65.9 Å². The van der Waals surface area contributed by atoms with Crippen LogP contribution in [0.2, 0.25) is 0 Å². The second-order valence-corrected chi connectivity index (χ2v) is 5.80. The first-order valence-corrected chi connectivity index (χ1v) is 7.76. The molecule has 3 N–H and O–H groups in total. The molecule has 1 aliphatic rings. The van der Waals surface area contributed by atoms with E-state index in [1.807, 2.05) is 61.5 Å². The summed E-state index contributed by atoms with van der Waals surface area (Å²) >= 11 is 0. The third kappa shape index (κ3) is 3.30. The van der Waals surface area contributed by atoms with Gasteiger partial charge in [-0.2, -0.15) is 0 Å². The fraction of sp³-hybridized carbons (Fsp3) is 0.158. The molecule has 0 spiro atoms. The normalized spacial score (nSPS) is 17.1. The topological polar surface area (TPSA) is 70.2 Å². The molecule has 2 aromatic rings. The van der Waals surface area contributed by atoms with Crippen molar-refractivity contribution in [3.63, 3.8) is 0 Å². The molecule has 3 rings (SSSR count). The van der Waals surface area contributed by atoms with Crippen LogP contribution in [0.5, 0.6) is 0 Å². The van der Waals surface area contributed by atoms with Gasteiger partial charge in [-0.15, -0.1) is 0 Å². The maximum Gasteiger partial charge on any atom is 0.319 e. The van der Waals surface area contributed by atoms with Crippen LogP contribution >= 0.6 is 0 Å². The number of amides is 3. The summed E-state index contributed by atoms with van der Waals surface area (Å²) in [7, 11) is 0. The van der Waals surface area contributed by atoms with Gasteiger partial charge in [-0.3, -0.25) is 4.79 Å². The molecular weight excluding hydrogens is 302 g/mol. The monoisotopic (exact) mass is 321 g/mol. The van der Waals surface area contributed by atoms with Gasteiger partial charge in [0.1, 0.15) is 0 Å². The van der Waals surface area contributed by atoms with E-state index in [1.54, 1.807) is 6.92 Å². The Labute approximate surface area is 140 Å². The predicted octanol–water partition coefficient (Wildman–Crippen LogP) is 3.26. The van der Waals surface area contributed by atoms with E-state index in [9.17, 15) is 9.59 Å². The Morgan fingerprint density at radius 3 is 2.50 bits per heavy atom. The first-order valence-electron chi connectivity index (χ1n) is 7.76. The minimum atomic E-state index is -0.484. The van der Waals surface area contributed by atoms with Gasteiger partial charge in [0.05, 0.1) is 11.6 Å². The maximum absolute atomic E-state index is 12.8. The molecule has 0 saturated carbocycles. The summed E-state index contributed by atoms with van der Waals surface area (Å²) in [5.41, 5.74) is 3.72.